The van der Waals surface area contributed by atoms with Crippen LogP contribution in [0.5, 0.6) is 0 Å². The van der Waals surface area contributed by atoms with Crippen LogP contribution >= 0.6 is 0 Å². The highest BCUT2D eigenvalue weighted by atomic mass is 16.1. The van der Waals surface area contributed by atoms with E-state index in [1.54, 1.807) is 12.2 Å². The van der Waals surface area contributed by atoms with Crippen molar-refractivity contribution in [2.24, 2.45) is 5.92 Å². The first kappa shape index (κ1) is 12.3. The first-order valence-corrected chi connectivity index (χ1v) is 5.44. The van der Waals surface area contributed by atoms with Crippen molar-refractivity contribution < 1.29 is 4.79 Å². The Kier molecular flexibility index (Phi) is 5.08. The minimum Gasteiger partial charge on any atom is -0.279 e. The number of hydrogen-bond donors (Lipinski definition) is 0. The highest BCUT2D eigenvalue weighted by Gasteiger charge is 2.05. The molecule has 0 aromatic carbocycles. The average Bonchev–Trinajstić information content (AvgIpc) is 2.35. The number of allylic oxidation sites excluding steroid dienone is 6. The Morgan fingerprint density at radius 2 is 2.31 bits per heavy atom. The predicted octanol–water partition coefficient (Wildman–Crippen LogP) is 3.21. The van der Waals surface area contributed by atoms with Gasteiger partial charge in [-0.1, -0.05) is 36.3 Å². The van der Waals surface area contributed by atoms with Crippen molar-refractivity contribution in [2.75, 3.05) is 0 Å². The maximum atomic E-state index is 11.7. The van der Waals surface area contributed by atoms with Gasteiger partial charge in [0.1, 0.15) is 0 Å². The minimum absolute atomic E-state index is 0.0228. The van der Waals surface area contributed by atoms with E-state index in [2.05, 4.69) is 25.0 Å². The lowest BCUT2D eigenvalue weighted by Gasteiger charge is -2.01. The van der Waals surface area contributed by atoms with Gasteiger partial charge in [0.15, 0.2) is 0 Å². The lowest BCUT2D eigenvalue weighted by molar-refractivity contribution is -0.110. The van der Waals surface area contributed by atoms with Gasteiger partial charge in [-0.15, -0.1) is 13.2 Å². The summed E-state index contributed by atoms with van der Waals surface area (Å²) in [6.45, 7) is 7.32. The molecule has 0 saturated carbocycles. The molecule has 0 N–H and O–H groups in total. The van der Waals surface area contributed by atoms with Crippen molar-refractivity contribution in [3.8, 4) is 11.8 Å². The van der Waals surface area contributed by atoms with Gasteiger partial charge in [0, 0.05) is 11.5 Å². The van der Waals surface area contributed by atoms with E-state index in [-0.39, 0.29) is 11.7 Å². The van der Waals surface area contributed by atoms with E-state index in [4.69, 9.17) is 0 Å². The molecule has 1 nitrogen and oxygen atoms in total. The van der Waals surface area contributed by atoms with E-state index in [0.717, 1.165) is 19.3 Å². The van der Waals surface area contributed by atoms with Gasteiger partial charge in [0.2, 0.25) is 5.78 Å². The first-order valence-electron chi connectivity index (χ1n) is 5.44. The molecule has 0 aliphatic heterocycles. The first-order chi connectivity index (χ1) is 7.77. The predicted molar refractivity (Wildman–Crippen MR) is 67.7 cm³/mol. The van der Waals surface area contributed by atoms with Crippen molar-refractivity contribution in [3.05, 3.63) is 49.1 Å². The summed E-state index contributed by atoms with van der Waals surface area (Å²) in [5, 5.41) is 0. The van der Waals surface area contributed by atoms with Gasteiger partial charge in [-0.2, -0.15) is 0 Å². The summed E-state index contributed by atoms with van der Waals surface area (Å²) in [7, 11) is 0. The molecule has 1 atom stereocenters. The van der Waals surface area contributed by atoms with E-state index in [1.165, 1.54) is 0 Å². The molecule has 0 amide bonds. The van der Waals surface area contributed by atoms with Crippen LogP contribution in [-0.2, 0) is 4.79 Å². The van der Waals surface area contributed by atoms with Crippen molar-refractivity contribution in [1.29, 1.82) is 0 Å². The Hall–Kier alpha value is -1.81. The van der Waals surface area contributed by atoms with Crippen LogP contribution in [0.1, 0.15) is 19.3 Å². The van der Waals surface area contributed by atoms with Gasteiger partial charge in [0.25, 0.3) is 0 Å². The molecule has 0 saturated heterocycles. The zero-order chi connectivity index (χ0) is 11.8. The molecule has 1 aliphatic rings. The van der Waals surface area contributed by atoms with Gasteiger partial charge in [-0.05, 0) is 25.2 Å². The topological polar surface area (TPSA) is 17.1 Å². The molecule has 0 radical (unpaired) electrons. The minimum atomic E-state index is -0.105. The summed E-state index contributed by atoms with van der Waals surface area (Å²) in [6, 6.07) is 0. The normalized spacial score (nSPS) is 15.4. The summed E-state index contributed by atoms with van der Waals surface area (Å²) in [5.74, 6) is 5.48. The molecular formula is C15H16O. The number of carbonyl (C=O) groups is 1. The monoisotopic (exact) mass is 212 g/mol. The maximum absolute atomic E-state index is 11.7. The molecule has 0 fully saturated rings. The van der Waals surface area contributed by atoms with Gasteiger partial charge >= 0.3 is 0 Å². The fraction of sp³-hybridized carbons (Fsp3) is 0.267. The van der Waals surface area contributed by atoms with Gasteiger partial charge in [-0.25, -0.2) is 0 Å². The molecule has 0 heterocycles. The Labute approximate surface area is 97.2 Å². The fourth-order valence-electron chi connectivity index (χ4n) is 1.41. The zero-order valence-corrected chi connectivity index (χ0v) is 9.41. The quantitative estimate of drug-likeness (QED) is 0.397. The standard InChI is InChI=1S/C15H16O/c1-3-8-13(4-2)11-12-15(16)14-9-6-5-7-10-14/h3-4,6,9-10,13H,1-2,5,7-8H2. The summed E-state index contributed by atoms with van der Waals surface area (Å²) in [5.41, 5.74) is 0.708. The van der Waals surface area contributed by atoms with E-state index >= 15 is 0 Å². The molecule has 0 bridgehead atoms. The second-order valence-electron chi connectivity index (χ2n) is 3.60. The van der Waals surface area contributed by atoms with E-state index < -0.39 is 0 Å². The van der Waals surface area contributed by atoms with Crippen LogP contribution in [0, 0.1) is 17.8 Å². The average molecular weight is 212 g/mol. The van der Waals surface area contributed by atoms with Crippen LogP contribution in [0.15, 0.2) is 49.1 Å². The van der Waals surface area contributed by atoms with Crippen LogP contribution in [0.3, 0.4) is 0 Å². The Bertz CT molecular complexity index is 399. The number of Topliss-reactive ketones (excluding diaryl/α,β-unsaturated/α-hetero) is 1. The SMILES string of the molecule is C=CCC(C#CC(=O)C1=CCCC=C1)C=C. The summed E-state index contributed by atoms with van der Waals surface area (Å²) < 4.78 is 0. The van der Waals surface area contributed by atoms with Crippen LogP contribution < -0.4 is 0 Å². The second kappa shape index (κ2) is 6.63. The Morgan fingerprint density at radius 1 is 1.50 bits per heavy atom. The van der Waals surface area contributed by atoms with E-state index in [9.17, 15) is 4.79 Å². The summed E-state index contributed by atoms with van der Waals surface area (Å²) in [6.07, 6.45) is 12.0. The summed E-state index contributed by atoms with van der Waals surface area (Å²) in [4.78, 5) is 11.7. The molecule has 0 spiro atoms. The molecule has 16 heavy (non-hydrogen) atoms. The van der Waals surface area contributed by atoms with Gasteiger partial charge in [-0.3, -0.25) is 4.79 Å². The number of rotatable bonds is 4. The number of carbonyl (C=O) groups excluding carboxylic acids is 1. The Morgan fingerprint density at radius 3 is 2.88 bits per heavy atom. The third kappa shape index (κ3) is 3.74. The molecule has 1 heteroatoms. The van der Waals surface area contributed by atoms with E-state index in [0.29, 0.717) is 5.57 Å². The molecule has 1 rings (SSSR count). The van der Waals surface area contributed by atoms with Crippen LogP contribution in [0.2, 0.25) is 0 Å². The molecule has 0 aromatic rings. The van der Waals surface area contributed by atoms with Crippen molar-refractivity contribution in [3.63, 3.8) is 0 Å². The van der Waals surface area contributed by atoms with Gasteiger partial charge in [0.05, 0.1) is 0 Å². The lowest BCUT2D eigenvalue weighted by Crippen LogP contribution is -2.00. The Balaban J connectivity index is 2.65. The number of ketones is 1. The molecule has 82 valence electrons. The van der Waals surface area contributed by atoms with Crippen LogP contribution in [-0.4, -0.2) is 5.78 Å². The lowest BCUT2D eigenvalue weighted by atomic mass is 10.0. The largest absolute Gasteiger partial charge is 0.279 e. The maximum Gasteiger partial charge on any atom is 0.235 e. The fourth-order valence-corrected chi connectivity index (χ4v) is 1.41. The van der Waals surface area contributed by atoms with Crippen molar-refractivity contribution in [1.82, 2.24) is 0 Å². The van der Waals surface area contributed by atoms with Crippen molar-refractivity contribution in [2.45, 2.75) is 19.3 Å². The smallest absolute Gasteiger partial charge is 0.235 e. The van der Waals surface area contributed by atoms with E-state index in [1.807, 2.05) is 18.2 Å². The highest BCUT2D eigenvalue weighted by Crippen LogP contribution is 2.10. The molecular weight excluding hydrogens is 196 g/mol. The molecule has 0 aromatic heterocycles. The van der Waals surface area contributed by atoms with Crippen LogP contribution in [0.25, 0.3) is 0 Å². The highest BCUT2D eigenvalue weighted by molar-refractivity contribution is 6.10. The summed E-state index contributed by atoms with van der Waals surface area (Å²) >= 11 is 0. The third-order valence-corrected chi connectivity index (χ3v) is 2.33. The third-order valence-electron chi connectivity index (χ3n) is 2.33. The van der Waals surface area contributed by atoms with Gasteiger partial charge < -0.3 is 0 Å². The zero-order valence-electron chi connectivity index (χ0n) is 9.41. The molecule has 1 aliphatic carbocycles. The molecule has 1 unspecified atom stereocenters. The van der Waals surface area contributed by atoms with Crippen molar-refractivity contribution >= 4 is 5.78 Å². The number of hydrogen-bond acceptors (Lipinski definition) is 1. The second-order valence-corrected chi connectivity index (χ2v) is 3.60. The van der Waals surface area contributed by atoms with Crippen LogP contribution in [0.4, 0.5) is 0 Å².